The van der Waals surface area contributed by atoms with Crippen molar-refractivity contribution in [2.24, 2.45) is 0 Å². The maximum atomic E-state index is 8.47. The zero-order chi connectivity index (χ0) is 8.97. The van der Waals surface area contributed by atoms with Crippen LogP contribution < -0.4 is 9.36 Å². The Morgan fingerprint density at radius 3 is 2.25 bits per heavy atom. The summed E-state index contributed by atoms with van der Waals surface area (Å²) in [6, 6.07) is 8.10. The van der Waals surface area contributed by atoms with Gasteiger partial charge in [-0.05, 0) is 0 Å². The average molecular weight is 225 g/mol. The molecule has 2 nitrogen and oxygen atoms in total. The van der Waals surface area contributed by atoms with Gasteiger partial charge in [-0.1, -0.05) is 0 Å². The summed E-state index contributed by atoms with van der Waals surface area (Å²) in [6.45, 7) is 0. The summed E-state index contributed by atoms with van der Waals surface area (Å²) in [6.07, 6.45) is 0. The molecule has 0 bridgehead atoms. The van der Waals surface area contributed by atoms with Gasteiger partial charge in [0.25, 0.3) is 0 Å². The maximum absolute atomic E-state index is 8.47. The summed E-state index contributed by atoms with van der Waals surface area (Å²) in [5, 5.41) is 8.47. The Bertz CT molecular complexity index is 284. The average Bonchev–Trinajstić information content (AvgIpc) is 2.06. The molecule has 0 radical (unpaired) electrons. The molecule has 0 amide bonds. The molecule has 0 aromatic heterocycles. The van der Waals surface area contributed by atoms with E-state index in [1.807, 2.05) is 43.3 Å². The summed E-state index contributed by atoms with van der Waals surface area (Å²) in [7, 11) is 4.01. The van der Waals surface area contributed by atoms with Crippen molar-refractivity contribution in [1.29, 1.82) is 5.26 Å². The fourth-order valence-corrected chi connectivity index (χ4v) is 1.66. The Morgan fingerprint density at radius 1 is 1.25 bits per heavy atom. The van der Waals surface area contributed by atoms with Crippen molar-refractivity contribution < 1.29 is 0 Å². The number of nitriles is 1. The molecule has 1 aromatic rings. The molecule has 0 unspecified atom stereocenters. The Morgan fingerprint density at radius 2 is 1.83 bits per heavy atom. The Hall–Kier alpha value is -0.971. The van der Waals surface area contributed by atoms with Crippen molar-refractivity contribution in [2.45, 2.75) is 0 Å². The molecule has 0 fully saturated rings. The number of hydrogen-bond acceptors (Lipinski definition) is 2. The van der Waals surface area contributed by atoms with Crippen LogP contribution in [-0.4, -0.2) is 29.1 Å². The first-order chi connectivity index (χ1) is 5.74. The van der Waals surface area contributed by atoms with Crippen LogP contribution in [0.3, 0.4) is 0 Å². The Kier molecular flexibility index (Phi) is 3.16. The summed E-state index contributed by atoms with van der Waals surface area (Å²) in [5.41, 5.74) is 1.17. The van der Waals surface area contributed by atoms with Crippen LogP contribution in [0.5, 0.6) is 0 Å². The van der Waals surface area contributed by atoms with Crippen molar-refractivity contribution in [2.75, 3.05) is 19.0 Å². The van der Waals surface area contributed by atoms with E-state index in [0.717, 1.165) is 4.46 Å². The van der Waals surface area contributed by atoms with Crippen LogP contribution in [0.4, 0.5) is 5.69 Å². The molecule has 0 aliphatic heterocycles. The van der Waals surface area contributed by atoms with Gasteiger partial charge in [0.15, 0.2) is 0 Å². The molecule has 0 spiro atoms. The van der Waals surface area contributed by atoms with Gasteiger partial charge >= 0.3 is 78.6 Å². The second-order valence-electron chi connectivity index (χ2n) is 2.58. The standard InChI is InChI=1S/C9H10N2Se/c1-11(2)8-3-5-9(6-4-8)12-7-10/h3-6H,1-2H3. The predicted molar refractivity (Wildman–Crippen MR) is 51.8 cm³/mol. The van der Waals surface area contributed by atoms with Gasteiger partial charge in [0.05, 0.1) is 0 Å². The minimum absolute atomic E-state index is 0.0230. The Balaban J connectivity index is 2.80. The van der Waals surface area contributed by atoms with Crippen LogP contribution in [0.2, 0.25) is 0 Å². The second-order valence-corrected chi connectivity index (χ2v) is 4.38. The summed E-state index contributed by atoms with van der Waals surface area (Å²) in [4.78, 5) is 4.23. The normalized spacial score (nSPS) is 9.08. The summed E-state index contributed by atoms with van der Waals surface area (Å²) < 4.78 is 1.13. The third-order valence-electron chi connectivity index (χ3n) is 1.52. The first-order valence-electron chi connectivity index (χ1n) is 3.57. The topological polar surface area (TPSA) is 27.0 Å². The van der Waals surface area contributed by atoms with Crippen molar-refractivity contribution >= 4 is 25.1 Å². The van der Waals surface area contributed by atoms with Gasteiger partial charge in [0.1, 0.15) is 0 Å². The molecule has 0 N–H and O–H groups in total. The fourth-order valence-electron chi connectivity index (χ4n) is 0.865. The van der Waals surface area contributed by atoms with Gasteiger partial charge < -0.3 is 0 Å². The van der Waals surface area contributed by atoms with E-state index in [0.29, 0.717) is 0 Å². The van der Waals surface area contributed by atoms with Gasteiger partial charge in [-0.25, -0.2) is 0 Å². The summed E-state index contributed by atoms with van der Waals surface area (Å²) >= 11 is -0.0230. The van der Waals surface area contributed by atoms with Crippen LogP contribution in [0, 0.1) is 10.2 Å². The molecule has 0 atom stereocenters. The molecule has 1 aromatic carbocycles. The van der Waals surface area contributed by atoms with Crippen LogP contribution in [0.15, 0.2) is 24.3 Å². The van der Waals surface area contributed by atoms with Gasteiger partial charge in [-0.15, -0.1) is 0 Å². The van der Waals surface area contributed by atoms with Gasteiger partial charge in [0.2, 0.25) is 0 Å². The number of anilines is 1. The first kappa shape index (κ1) is 9.12. The molecule has 12 heavy (non-hydrogen) atoms. The second kappa shape index (κ2) is 4.15. The molecule has 0 heterocycles. The van der Waals surface area contributed by atoms with Gasteiger partial charge in [-0.3, -0.25) is 0 Å². The van der Waals surface area contributed by atoms with Crippen molar-refractivity contribution in [3.8, 4) is 4.97 Å². The van der Waals surface area contributed by atoms with Crippen molar-refractivity contribution in [3.63, 3.8) is 0 Å². The molecule has 0 saturated carbocycles. The van der Waals surface area contributed by atoms with Crippen molar-refractivity contribution in [1.82, 2.24) is 0 Å². The quantitative estimate of drug-likeness (QED) is 0.688. The molecule has 1 rings (SSSR count). The van der Waals surface area contributed by atoms with Gasteiger partial charge in [0, 0.05) is 0 Å². The molecule has 0 saturated heterocycles. The third kappa shape index (κ3) is 2.27. The molecule has 0 aliphatic carbocycles. The van der Waals surface area contributed by atoms with Crippen LogP contribution in [-0.2, 0) is 0 Å². The Labute approximate surface area is 79.0 Å². The summed E-state index contributed by atoms with van der Waals surface area (Å²) in [5.74, 6) is 0. The van der Waals surface area contributed by atoms with E-state index < -0.39 is 0 Å². The van der Waals surface area contributed by atoms with Crippen LogP contribution >= 0.6 is 0 Å². The van der Waals surface area contributed by atoms with E-state index in [4.69, 9.17) is 5.26 Å². The molecule has 0 aliphatic rings. The monoisotopic (exact) mass is 226 g/mol. The number of rotatable bonds is 2. The predicted octanol–water partition coefficient (Wildman–Crippen LogP) is 0.563. The van der Waals surface area contributed by atoms with E-state index >= 15 is 0 Å². The number of nitrogens with zero attached hydrogens (tertiary/aromatic N) is 2. The first-order valence-corrected chi connectivity index (χ1v) is 5.28. The van der Waals surface area contributed by atoms with E-state index in [9.17, 15) is 0 Å². The molecule has 3 heteroatoms. The zero-order valence-corrected chi connectivity index (χ0v) is 8.83. The molecule has 62 valence electrons. The fraction of sp³-hybridized carbons (Fsp3) is 0.222. The molecular formula is C9H10N2Se. The van der Waals surface area contributed by atoms with E-state index in [2.05, 4.69) is 4.97 Å². The molecular weight excluding hydrogens is 215 g/mol. The third-order valence-corrected chi connectivity index (χ3v) is 2.77. The van der Waals surface area contributed by atoms with E-state index in [1.54, 1.807) is 0 Å². The van der Waals surface area contributed by atoms with Crippen LogP contribution in [0.25, 0.3) is 0 Å². The zero-order valence-electron chi connectivity index (χ0n) is 7.11. The van der Waals surface area contributed by atoms with E-state index in [-0.39, 0.29) is 15.0 Å². The van der Waals surface area contributed by atoms with Crippen molar-refractivity contribution in [3.05, 3.63) is 24.3 Å². The number of hydrogen-bond donors (Lipinski definition) is 0. The van der Waals surface area contributed by atoms with E-state index in [1.165, 1.54) is 5.69 Å². The van der Waals surface area contributed by atoms with Crippen LogP contribution in [0.1, 0.15) is 0 Å². The minimum atomic E-state index is -0.0230. The number of benzene rings is 1. The SMILES string of the molecule is CN(C)c1ccc([Se]C#N)cc1. The van der Waals surface area contributed by atoms with Gasteiger partial charge in [-0.2, -0.15) is 0 Å².